The molecule has 9 N–H and O–H groups in total. The Morgan fingerprint density at radius 3 is 1.33 bits per heavy atom. The van der Waals surface area contributed by atoms with Crippen molar-refractivity contribution in [1.82, 2.24) is 62.4 Å². The highest BCUT2D eigenvalue weighted by atomic mass is 16.2. The van der Waals surface area contributed by atoms with E-state index in [-0.39, 0.29) is 122 Å². The van der Waals surface area contributed by atoms with Gasteiger partial charge >= 0.3 is 0 Å². The van der Waals surface area contributed by atoms with E-state index in [9.17, 15) is 43.2 Å². The molecule has 0 aliphatic carbocycles. The summed E-state index contributed by atoms with van der Waals surface area (Å²) in [7, 11) is 0. The zero-order valence-corrected chi connectivity index (χ0v) is 52.8. The van der Waals surface area contributed by atoms with Gasteiger partial charge < -0.3 is 62.6 Å². The van der Waals surface area contributed by atoms with Crippen LogP contribution in [0.4, 0.5) is 17.8 Å². The van der Waals surface area contributed by atoms with Crippen molar-refractivity contribution in [3.8, 4) is 0 Å². The van der Waals surface area contributed by atoms with Crippen LogP contribution in [0.5, 0.6) is 0 Å². The van der Waals surface area contributed by atoms with Crippen molar-refractivity contribution in [3.05, 3.63) is 12.2 Å². The highest BCUT2D eigenvalue weighted by Gasteiger charge is 2.25. The molecule has 2 heterocycles. The Hall–Kier alpha value is -6.62. The van der Waals surface area contributed by atoms with E-state index in [4.69, 9.17) is 15.0 Å². The number of nitrogens with one attached hydrogen (secondary N) is 9. The maximum atomic E-state index is 13.4. The largest absolute Gasteiger partial charge is 0.356 e. The molecule has 1 aromatic rings. The lowest BCUT2D eigenvalue weighted by Gasteiger charge is -2.35. The third kappa shape index (κ3) is 39.6. The molecule has 9 amide bonds. The maximum absolute atomic E-state index is 13.4. The number of allylic oxidation sites excluding steroid dienone is 1. The molecular formula is C61H109N15O9. The number of nitrogens with zero attached hydrogens (tertiary/aromatic N) is 6. The van der Waals surface area contributed by atoms with Crippen LogP contribution < -0.4 is 57.7 Å². The predicted molar refractivity (Wildman–Crippen MR) is 334 cm³/mol. The standard InChI is InChI=1S/C61H109N15O9/c1-7-10-14-25-50(78)64-37-22-40-68-55(83)31-43-75(44-32-56(84)69-41-23-38-65-51(79)26-15-11-8-2)59-71-58(70-42-30-54(82)67-39-21-36-66-52(80)27-16-17-33-61(4,5)6)72-60(73-59)76-47-45-74(46-48-76)57(85)29-20-28-53(81)63-35-19-13-12-18-34-62-49(77)24-9-3/h9,24H,7-8,10-23,25-48H2,1-6H3,(H,62,77)(H,63,81)(H,64,78)(H,65,79)(H,66,80)(H,67,82)(H,68,83)(H,69,84)(H,70,71,72,73)/b24-9+. The van der Waals surface area contributed by atoms with Crippen molar-refractivity contribution in [3.63, 3.8) is 0 Å². The molecule has 24 heteroatoms. The van der Waals surface area contributed by atoms with Crippen LogP contribution >= 0.6 is 0 Å². The van der Waals surface area contributed by atoms with Gasteiger partial charge in [0.05, 0.1) is 0 Å². The Kier molecular flexibility index (Phi) is 40.9. The van der Waals surface area contributed by atoms with Gasteiger partial charge in [-0.15, -0.1) is 0 Å². The van der Waals surface area contributed by atoms with Gasteiger partial charge in [-0.25, -0.2) is 0 Å². The average Bonchev–Trinajstić information content (AvgIpc) is 3.68. The zero-order valence-electron chi connectivity index (χ0n) is 52.8. The fourth-order valence-electron chi connectivity index (χ4n) is 9.02. The van der Waals surface area contributed by atoms with Gasteiger partial charge in [-0.2, -0.15) is 15.0 Å². The Balaban J connectivity index is 2.15. The fraction of sp³-hybridized carbons (Fsp3) is 0.770. The summed E-state index contributed by atoms with van der Waals surface area (Å²) in [6, 6.07) is 0. The van der Waals surface area contributed by atoms with Crippen LogP contribution in [0.3, 0.4) is 0 Å². The molecular weight excluding hydrogens is 1090 g/mol. The molecule has 1 aliphatic heterocycles. The molecule has 24 nitrogen and oxygen atoms in total. The molecule has 1 saturated heterocycles. The van der Waals surface area contributed by atoms with Crippen molar-refractivity contribution >= 4 is 71.0 Å². The zero-order chi connectivity index (χ0) is 62.3. The topological polar surface area (TPSA) is 310 Å². The van der Waals surface area contributed by atoms with Crippen molar-refractivity contribution in [1.29, 1.82) is 0 Å². The maximum Gasteiger partial charge on any atom is 0.243 e. The minimum Gasteiger partial charge on any atom is -0.356 e. The molecule has 0 spiro atoms. The van der Waals surface area contributed by atoms with E-state index in [1.54, 1.807) is 22.8 Å². The second kappa shape index (κ2) is 46.6. The van der Waals surface area contributed by atoms with E-state index in [2.05, 4.69) is 82.5 Å². The Labute approximate surface area is 507 Å². The summed E-state index contributed by atoms with van der Waals surface area (Å²) in [6.45, 7) is 18.1. The lowest BCUT2D eigenvalue weighted by molar-refractivity contribution is -0.132. The van der Waals surface area contributed by atoms with Crippen LogP contribution in [0.25, 0.3) is 0 Å². The number of aromatic nitrogens is 3. The minimum absolute atomic E-state index is 0.00595. The first-order valence-electron chi connectivity index (χ1n) is 32.0. The van der Waals surface area contributed by atoms with Gasteiger partial charge in [0.1, 0.15) is 0 Å². The first-order valence-corrected chi connectivity index (χ1v) is 32.0. The van der Waals surface area contributed by atoms with Crippen LogP contribution in [-0.2, 0) is 43.2 Å². The molecule has 0 aromatic carbocycles. The van der Waals surface area contributed by atoms with Crippen molar-refractivity contribution in [2.24, 2.45) is 5.41 Å². The number of amides is 9. The van der Waals surface area contributed by atoms with E-state index >= 15 is 0 Å². The van der Waals surface area contributed by atoms with Gasteiger partial charge in [-0.3, -0.25) is 43.2 Å². The number of anilines is 3. The van der Waals surface area contributed by atoms with Gasteiger partial charge in [0.2, 0.25) is 71.0 Å². The summed E-state index contributed by atoms with van der Waals surface area (Å²) in [5, 5.41) is 26.5. The van der Waals surface area contributed by atoms with Crippen LogP contribution in [-0.4, -0.2) is 171 Å². The molecule has 0 radical (unpaired) electrons. The number of piperazine rings is 1. The molecule has 85 heavy (non-hydrogen) atoms. The second-order valence-corrected chi connectivity index (χ2v) is 23.0. The van der Waals surface area contributed by atoms with E-state index in [0.717, 1.165) is 83.5 Å². The number of hydrogen-bond donors (Lipinski definition) is 9. The van der Waals surface area contributed by atoms with Crippen molar-refractivity contribution < 1.29 is 43.2 Å². The predicted octanol–water partition coefficient (Wildman–Crippen LogP) is 5.08. The second-order valence-electron chi connectivity index (χ2n) is 23.0. The number of hydrogen-bond acceptors (Lipinski definition) is 15. The van der Waals surface area contributed by atoms with Gasteiger partial charge in [-0.05, 0) is 82.6 Å². The molecule has 0 atom stereocenters. The van der Waals surface area contributed by atoms with Gasteiger partial charge in [0.25, 0.3) is 0 Å². The summed E-state index contributed by atoms with van der Waals surface area (Å²) in [4.78, 5) is 134. The first kappa shape index (κ1) is 74.5. The van der Waals surface area contributed by atoms with Gasteiger partial charge in [0.15, 0.2) is 0 Å². The van der Waals surface area contributed by atoms with Crippen LogP contribution in [0, 0.1) is 5.41 Å². The number of rotatable bonds is 48. The molecule has 1 aromatic heterocycles. The summed E-state index contributed by atoms with van der Waals surface area (Å²) in [5.41, 5.74) is 0.238. The van der Waals surface area contributed by atoms with E-state index in [1.165, 1.54) is 6.08 Å². The highest BCUT2D eigenvalue weighted by Crippen LogP contribution is 2.22. The SMILES string of the molecule is C/C=C/C(=O)NCCCCCCNC(=O)CCCC(=O)N1CCN(c2nc(NCCC(=O)NCCCNC(=O)CCCCC(C)(C)C)nc(N(CCC(=O)NCCCNC(=O)CCCCC)CCC(=O)NCCCNC(=O)CCCCC)n2)CC1. The van der Waals surface area contributed by atoms with Crippen molar-refractivity contribution in [2.75, 3.05) is 113 Å². The smallest absolute Gasteiger partial charge is 0.243 e. The molecule has 1 fully saturated rings. The quantitative estimate of drug-likeness (QED) is 0.0304. The Morgan fingerprint density at radius 2 is 0.871 bits per heavy atom. The summed E-state index contributed by atoms with van der Waals surface area (Å²) < 4.78 is 0. The van der Waals surface area contributed by atoms with Gasteiger partial charge in [-0.1, -0.05) is 85.6 Å². The molecule has 482 valence electrons. The number of carbonyl (C=O) groups is 9. The van der Waals surface area contributed by atoms with Crippen LogP contribution in [0.2, 0.25) is 0 Å². The Bertz CT molecular complexity index is 2100. The van der Waals surface area contributed by atoms with E-state index in [1.807, 2.05) is 4.90 Å². The average molecular weight is 1200 g/mol. The number of carbonyl (C=O) groups excluding carboxylic acids is 9. The fourth-order valence-corrected chi connectivity index (χ4v) is 9.02. The van der Waals surface area contributed by atoms with Crippen molar-refractivity contribution in [2.45, 2.75) is 202 Å². The summed E-state index contributed by atoms with van der Waals surface area (Å²) in [5.74, 6) is -0.244. The summed E-state index contributed by atoms with van der Waals surface area (Å²) >= 11 is 0. The van der Waals surface area contributed by atoms with E-state index in [0.29, 0.717) is 129 Å². The van der Waals surface area contributed by atoms with Crippen LogP contribution in [0.1, 0.15) is 202 Å². The van der Waals surface area contributed by atoms with Crippen LogP contribution in [0.15, 0.2) is 12.2 Å². The van der Waals surface area contributed by atoms with E-state index < -0.39 is 0 Å². The Morgan fingerprint density at radius 1 is 0.447 bits per heavy atom. The monoisotopic (exact) mass is 1200 g/mol. The molecule has 0 saturated carbocycles. The normalized spacial score (nSPS) is 12.3. The molecule has 0 unspecified atom stereocenters. The lowest BCUT2D eigenvalue weighted by Crippen LogP contribution is -2.49. The molecule has 0 bridgehead atoms. The summed E-state index contributed by atoms with van der Waals surface area (Å²) in [6.07, 6.45) is 19.5. The third-order valence-electron chi connectivity index (χ3n) is 14.1. The minimum atomic E-state index is -0.235. The third-order valence-corrected chi connectivity index (χ3v) is 14.1. The van der Waals surface area contributed by atoms with Gasteiger partial charge in [0, 0.05) is 150 Å². The molecule has 2 rings (SSSR count). The lowest BCUT2D eigenvalue weighted by atomic mass is 9.89. The number of unbranched alkanes of at least 4 members (excludes halogenated alkanes) is 8. The highest BCUT2D eigenvalue weighted by molar-refractivity contribution is 5.87. The first-order chi connectivity index (χ1) is 40.9. The molecule has 1 aliphatic rings.